The fourth-order valence-electron chi connectivity index (χ4n) is 1.78. The van der Waals surface area contributed by atoms with Crippen LogP contribution in [0.4, 0.5) is 0 Å². The summed E-state index contributed by atoms with van der Waals surface area (Å²) in [5.74, 6) is 0. The zero-order valence-electron chi connectivity index (χ0n) is 6.46. The summed E-state index contributed by atoms with van der Waals surface area (Å²) in [5.41, 5.74) is 0.260. The van der Waals surface area contributed by atoms with Gasteiger partial charge in [0.25, 0.3) is 0 Å². The molecule has 0 amide bonds. The second kappa shape index (κ2) is 1.64. The second-order valence-electron chi connectivity index (χ2n) is 3.93. The van der Waals surface area contributed by atoms with Gasteiger partial charge in [-0.2, -0.15) is 0 Å². The third kappa shape index (κ3) is 0.968. The third-order valence-corrected chi connectivity index (χ3v) is 3.00. The largest absolute Gasteiger partial charge is 0.304 e. The van der Waals surface area contributed by atoms with Crippen LogP contribution in [0, 0.1) is 0 Å². The highest BCUT2D eigenvalue weighted by Crippen LogP contribution is 2.37. The fraction of sp³-hybridized carbons (Fsp3) is 1.00. The number of nitrogens with one attached hydrogen (secondary N) is 1. The van der Waals surface area contributed by atoms with Gasteiger partial charge in [-0.3, -0.25) is 0 Å². The molecular weight excluding hydrogens is 134 g/mol. The summed E-state index contributed by atoms with van der Waals surface area (Å²) in [5, 5.41) is 3.63. The fourth-order valence-corrected chi connectivity index (χ4v) is 1.89. The average Bonchev–Trinajstić information content (AvgIpc) is 1.63. The molecule has 2 heteroatoms. The van der Waals surface area contributed by atoms with E-state index in [0.29, 0.717) is 0 Å². The number of rotatable bonds is 0. The highest BCUT2D eigenvalue weighted by molar-refractivity contribution is 6.23. The van der Waals surface area contributed by atoms with Crippen LogP contribution >= 0.6 is 11.6 Å². The summed E-state index contributed by atoms with van der Waals surface area (Å²) in [7, 11) is 0. The molecule has 0 unspecified atom stereocenters. The van der Waals surface area contributed by atoms with Crippen molar-refractivity contribution in [3.05, 3.63) is 0 Å². The lowest BCUT2D eigenvalue weighted by Gasteiger charge is -2.55. The van der Waals surface area contributed by atoms with Crippen molar-refractivity contribution in [3.8, 4) is 0 Å². The van der Waals surface area contributed by atoms with Crippen molar-refractivity contribution in [2.24, 2.45) is 0 Å². The smallest absolute Gasteiger partial charge is 0.0688 e. The van der Waals surface area contributed by atoms with Crippen molar-refractivity contribution in [1.29, 1.82) is 0 Å². The Morgan fingerprint density at radius 1 is 1.11 bits per heavy atom. The van der Waals surface area contributed by atoms with E-state index < -0.39 is 0 Å². The van der Waals surface area contributed by atoms with Gasteiger partial charge >= 0.3 is 0 Å². The van der Waals surface area contributed by atoms with Crippen LogP contribution < -0.4 is 5.32 Å². The third-order valence-electron chi connectivity index (χ3n) is 1.91. The van der Waals surface area contributed by atoms with Crippen LogP contribution in [-0.4, -0.2) is 16.5 Å². The molecule has 1 rings (SSSR count). The zero-order valence-corrected chi connectivity index (χ0v) is 7.21. The van der Waals surface area contributed by atoms with Gasteiger partial charge in [0.2, 0.25) is 0 Å². The van der Waals surface area contributed by atoms with Crippen LogP contribution in [0.1, 0.15) is 27.7 Å². The van der Waals surface area contributed by atoms with E-state index in [1.165, 1.54) is 0 Å². The first-order valence-electron chi connectivity index (χ1n) is 3.30. The molecule has 1 aliphatic rings. The lowest BCUT2D eigenvalue weighted by Crippen LogP contribution is -2.75. The molecule has 1 N–H and O–H groups in total. The first-order chi connectivity index (χ1) is 3.86. The minimum atomic E-state index is 0.130. The predicted octanol–water partition coefficient (Wildman–Crippen LogP) is 1.75. The maximum atomic E-state index is 6.07. The summed E-state index contributed by atoms with van der Waals surface area (Å²) in [6, 6.07) is 0. The molecule has 0 atom stereocenters. The molecule has 54 valence electrons. The van der Waals surface area contributed by atoms with E-state index >= 15 is 0 Å². The molecule has 0 aromatic carbocycles. The normalized spacial score (nSPS) is 31.7. The molecule has 0 bridgehead atoms. The van der Waals surface area contributed by atoms with Crippen molar-refractivity contribution >= 4 is 11.6 Å². The highest BCUT2D eigenvalue weighted by atomic mass is 35.5. The van der Waals surface area contributed by atoms with Gasteiger partial charge in [-0.05, 0) is 27.7 Å². The van der Waals surface area contributed by atoms with E-state index in [1.54, 1.807) is 0 Å². The van der Waals surface area contributed by atoms with E-state index in [-0.39, 0.29) is 16.5 Å². The summed E-state index contributed by atoms with van der Waals surface area (Å²) in [6.45, 7) is 8.48. The quantitative estimate of drug-likeness (QED) is 0.515. The van der Waals surface area contributed by atoms with Crippen molar-refractivity contribution in [1.82, 2.24) is 5.32 Å². The van der Waals surface area contributed by atoms with Crippen molar-refractivity contribution in [2.45, 2.75) is 44.1 Å². The van der Waals surface area contributed by atoms with E-state index in [4.69, 9.17) is 11.6 Å². The number of halogens is 1. The van der Waals surface area contributed by atoms with Crippen LogP contribution in [-0.2, 0) is 0 Å². The number of alkyl halides is 1. The average molecular weight is 148 g/mol. The number of hydrogen-bond acceptors (Lipinski definition) is 1. The first-order valence-corrected chi connectivity index (χ1v) is 3.73. The molecule has 0 spiro atoms. The van der Waals surface area contributed by atoms with E-state index in [1.807, 2.05) is 0 Å². The van der Waals surface area contributed by atoms with Crippen molar-refractivity contribution < 1.29 is 0 Å². The van der Waals surface area contributed by atoms with Crippen molar-refractivity contribution in [2.75, 3.05) is 0 Å². The zero-order chi connectivity index (χ0) is 7.28. The molecule has 1 fully saturated rings. The molecule has 1 nitrogen and oxygen atoms in total. The molecule has 0 saturated carbocycles. The van der Waals surface area contributed by atoms with Gasteiger partial charge in [0.1, 0.15) is 0 Å². The molecule has 0 radical (unpaired) electrons. The summed E-state index contributed by atoms with van der Waals surface area (Å²) < 4.78 is 0. The van der Waals surface area contributed by atoms with Crippen molar-refractivity contribution in [3.63, 3.8) is 0 Å². The molecular formula is C7H14ClN. The molecule has 0 aromatic heterocycles. The Morgan fingerprint density at radius 3 is 1.44 bits per heavy atom. The topological polar surface area (TPSA) is 12.0 Å². The van der Waals surface area contributed by atoms with E-state index in [0.717, 1.165) is 0 Å². The van der Waals surface area contributed by atoms with Gasteiger partial charge in [-0.25, -0.2) is 0 Å². The van der Waals surface area contributed by atoms with E-state index in [9.17, 15) is 0 Å². The first kappa shape index (κ1) is 7.36. The molecule has 9 heavy (non-hydrogen) atoms. The molecule has 1 aliphatic heterocycles. The summed E-state index contributed by atoms with van der Waals surface area (Å²) >= 11 is 6.07. The molecule has 0 aliphatic carbocycles. The highest BCUT2D eigenvalue weighted by Gasteiger charge is 2.51. The van der Waals surface area contributed by atoms with Crippen LogP contribution in [0.25, 0.3) is 0 Å². The minimum absolute atomic E-state index is 0.130. The van der Waals surface area contributed by atoms with Gasteiger partial charge < -0.3 is 5.32 Å². The van der Waals surface area contributed by atoms with Crippen LogP contribution in [0.2, 0.25) is 0 Å². The van der Waals surface area contributed by atoms with Crippen LogP contribution in [0.3, 0.4) is 0 Å². The molecule has 0 aromatic rings. The Morgan fingerprint density at radius 2 is 1.44 bits per heavy atom. The Bertz CT molecular complexity index is 115. The van der Waals surface area contributed by atoms with Gasteiger partial charge in [0.05, 0.1) is 5.38 Å². The number of hydrogen-bond donors (Lipinski definition) is 1. The standard InChI is InChI=1S/C7H14ClN/c1-6(2)5(8)7(3,4)9-6/h5,9H,1-4H3. The van der Waals surface area contributed by atoms with Gasteiger partial charge in [-0.15, -0.1) is 11.6 Å². The Balaban J connectivity index is 2.62. The molecule has 1 heterocycles. The Hall–Kier alpha value is 0.250. The predicted molar refractivity (Wildman–Crippen MR) is 40.9 cm³/mol. The maximum absolute atomic E-state index is 6.07. The minimum Gasteiger partial charge on any atom is -0.304 e. The lowest BCUT2D eigenvalue weighted by molar-refractivity contribution is 0.111. The summed E-state index contributed by atoms with van der Waals surface area (Å²) in [4.78, 5) is 0. The van der Waals surface area contributed by atoms with Gasteiger partial charge in [-0.1, -0.05) is 0 Å². The second-order valence-corrected chi connectivity index (χ2v) is 4.37. The van der Waals surface area contributed by atoms with Gasteiger partial charge in [0, 0.05) is 11.1 Å². The van der Waals surface area contributed by atoms with Crippen LogP contribution in [0.5, 0.6) is 0 Å². The van der Waals surface area contributed by atoms with Crippen LogP contribution in [0.15, 0.2) is 0 Å². The Kier molecular flexibility index (Phi) is 1.34. The molecule has 1 saturated heterocycles. The monoisotopic (exact) mass is 147 g/mol. The van der Waals surface area contributed by atoms with E-state index in [2.05, 4.69) is 33.0 Å². The Labute approximate surface area is 61.8 Å². The summed E-state index contributed by atoms with van der Waals surface area (Å²) in [6.07, 6.45) is 0. The van der Waals surface area contributed by atoms with Gasteiger partial charge in [0.15, 0.2) is 0 Å². The lowest BCUT2D eigenvalue weighted by atomic mass is 9.76. The maximum Gasteiger partial charge on any atom is 0.0688 e. The SMILES string of the molecule is CC1(C)NC(C)(C)C1Cl.